The molecule has 1 aromatic heterocycles. The fourth-order valence-electron chi connectivity index (χ4n) is 1.83. The van der Waals surface area contributed by atoms with Crippen LogP contribution in [0.15, 0.2) is 40.8 Å². The summed E-state index contributed by atoms with van der Waals surface area (Å²) < 4.78 is 16.0. The summed E-state index contributed by atoms with van der Waals surface area (Å²) >= 11 is 0. The van der Waals surface area contributed by atoms with Gasteiger partial charge in [-0.25, -0.2) is 0 Å². The molecule has 0 aliphatic rings. The molecule has 0 saturated heterocycles. The van der Waals surface area contributed by atoms with E-state index >= 15 is 0 Å². The first-order chi connectivity index (χ1) is 9.22. The van der Waals surface area contributed by atoms with E-state index in [0.717, 1.165) is 5.76 Å². The molecule has 2 aromatic rings. The Labute approximate surface area is 112 Å². The van der Waals surface area contributed by atoms with Gasteiger partial charge in [-0.15, -0.1) is 0 Å². The monoisotopic (exact) mass is 262 g/mol. The summed E-state index contributed by atoms with van der Waals surface area (Å²) in [6, 6.07) is 11.0. The minimum Gasteiger partial charge on any atom is -0.491 e. The Bertz CT molecular complexity index is 518. The van der Waals surface area contributed by atoms with Crippen LogP contribution in [0.4, 0.5) is 0 Å². The van der Waals surface area contributed by atoms with E-state index in [1.165, 1.54) is 0 Å². The molecule has 0 aliphatic carbocycles. The first kappa shape index (κ1) is 13.6. The predicted molar refractivity (Wildman–Crippen MR) is 71.3 cm³/mol. The molecule has 1 aromatic carbocycles. The molecule has 1 unspecified atom stereocenters. The Hall–Kier alpha value is -1.78. The molecule has 1 atom stereocenters. The number of aryl methyl sites for hydroxylation is 1. The van der Waals surface area contributed by atoms with E-state index in [1.807, 2.05) is 37.3 Å². The van der Waals surface area contributed by atoms with Crippen molar-refractivity contribution in [2.75, 3.05) is 20.3 Å². The van der Waals surface area contributed by atoms with Crippen LogP contribution in [0.2, 0.25) is 0 Å². The van der Waals surface area contributed by atoms with E-state index in [4.69, 9.17) is 13.9 Å². The highest BCUT2D eigenvalue weighted by molar-refractivity contribution is 5.38. The molecule has 1 N–H and O–H groups in total. The molecule has 2 rings (SSSR count). The lowest BCUT2D eigenvalue weighted by molar-refractivity contribution is 0.140. The van der Waals surface area contributed by atoms with Crippen LogP contribution in [0.3, 0.4) is 0 Å². The van der Waals surface area contributed by atoms with E-state index in [2.05, 4.69) is 0 Å². The number of methoxy groups -OCH3 is 1. The number of rotatable bonds is 6. The highest BCUT2D eigenvalue weighted by atomic mass is 16.5. The number of hydrogen-bond acceptors (Lipinski definition) is 4. The normalized spacial score (nSPS) is 12.4. The van der Waals surface area contributed by atoms with Gasteiger partial charge >= 0.3 is 0 Å². The fourth-order valence-corrected chi connectivity index (χ4v) is 1.83. The second-order valence-corrected chi connectivity index (χ2v) is 4.23. The van der Waals surface area contributed by atoms with Crippen molar-refractivity contribution in [1.82, 2.24) is 0 Å². The third-order valence-electron chi connectivity index (χ3n) is 2.79. The molecule has 1 heterocycles. The van der Waals surface area contributed by atoms with Crippen molar-refractivity contribution in [2.45, 2.75) is 13.0 Å². The van der Waals surface area contributed by atoms with Gasteiger partial charge in [-0.2, -0.15) is 0 Å². The summed E-state index contributed by atoms with van der Waals surface area (Å²) in [7, 11) is 1.62. The summed E-state index contributed by atoms with van der Waals surface area (Å²) in [6.45, 7) is 2.79. The minimum atomic E-state index is -0.826. The zero-order valence-corrected chi connectivity index (χ0v) is 11.1. The van der Waals surface area contributed by atoms with Gasteiger partial charge in [0.1, 0.15) is 30.0 Å². The van der Waals surface area contributed by atoms with Crippen LogP contribution in [-0.4, -0.2) is 25.4 Å². The van der Waals surface area contributed by atoms with Gasteiger partial charge < -0.3 is 19.0 Å². The van der Waals surface area contributed by atoms with Crippen molar-refractivity contribution in [3.05, 3.63) is 53.5 Å². The maximum absolute atomic E-state index is 10.3. The summed E-state index contributed by atoms with van der Waals surface area (Å²) in [5.74, 6) is 1.92. The largest absolute Gasteiger partial charge is 0.491 e. The van der Waals surface area contributed by atoms with Crippen LogP contribution < -0.4 is 4.74 Å². The Morgan fingerprint density at radius 2 is 1.95 bits per heavy atom. The van der Waals surface area contributed by atoms with Gasteiger partial charge in [-0.3, -0.25) is 0 Å². The van der Waals surface area contributed by atoms with Crippen LogP contribution in [0.25, 0.3) is 0 Å². The highest BCUT2D eigenvalue weighted by Crippen LogP contribution is 2.30. The number of aliphatic hydroxyl groups excluding tert-OH is 1. The molecule has 0 aliphatic heterocycles. The first-order valence-electron chi connectivity index (χ1n) is 6.17. The summed E-state index contributed by atoms with van der Waals surface area (Å²) in [5.41, 5.74) is 0.688. The van der Waals surface area contributed by atoms with Crippen LogP contribution in [0.5, 0.6) is 5.75 Å². The van der Waals surface area contributed by atoms with Gasteiger partial charge in [0.05, 0.1) is 6.61 Å². The number of benzene rings is 1. The fraction of sp³-hybridized carbons (Fsp3) is 0.333. The van der Waals surface area contributed by atoms with Crippen LogP contribution in [-0.2, 0) is 4.74 Å². The average molecular weight is 262 g/mol. The second kappa shape index (κ2) is 6.41. The molecule has 19 heavy (non-hydrogen) atoms. The van der Waals surface area contributed by atoms with Crippen molar-refractivity contribution < 1.29 is 19.0 Å². The highest BCUT2D eigenvalue weighted by Gasteiger charge is 2.18. The molecular formula is C15H18O4. The third kappa shape index (κ3) is 3.36. The topological polar surface area (TPSA) is 51.8 Å². The van der Waals surface area contributed by atoms with E-state index in [-0.39, 0.29) is 0 Å². The Balaban J connectivity index is 2.18. The maximum atomic E-state index is 10.3. The van der Waals surface area contributed by atoms with E-state index < -0.39 is 6.10 Å². The molecule has 0 bridgehead atoms. The molecule has 102 valence electrons. The van der Waals surface area contributed by atoms with E-state index in [1.54, 1.807) is 13.2 Å². The standard InChI is InChI=1S/C15H18O4/c1-11-7-8-14(19-11)15(16)12-5-3-4-6-13(12)18-10-9-17-2/h3-8,15-16H,9-10H2,1-2H3. The molecular weight excluding hydrogens is 244 g/mol. The van der Waals surface area contributed by atoms with Gasteiger partial charge in [0.15, 0.2) is 0 Å². The van der Waals surface area contributed by atoms with Crippen LogP contribution in [0, 0.1) is 6.92 Å². The first-order valence-corrected chi connectivity index (χ1v) is 6.17. The lowest BCUT2D eigenvalue weighted by Gasteiger charge is -2.14. The third-order valence-corrected chi connectivity index (χ3v) is 2.79. The summed E-state index contributed by atoms with van der Waals surface area (Å²) in [4.78, 5) is 0. The SMILES string of the molecule is COCCOc1ccccc1C(O)c1ccc(C)o1. The number of hydrogen-bond donors (Lipinski definition) is 1. The Morgan fingerprint density at radius 1 is 1.16 bits per heavy atom. The zero-order valence-electron chi connectivity index (χ0n) is 11.1. The van der Waals surface area contributed by atoms with Crippen molar-refractivity contribution in [3.8, 4) is 5.75 Å². The maximum Gasteiger partial charge on any atom is 0.140 e. The predicted octanol–water partition coefficient (Wildman–Crippen LogP) is 2.69. The smallest absolute Gasteiger partial charge is 0.140 e. The molecule has 0 saturated carbocycles. The van der Waals surface area contributed by atoms with Crippen LogP contribution >= 0.6 is 0 Å². The number of para-hydroxylation sites is 1. The Morgan fingerprint density at radius 3 is 2.63 bits per heavy atom. The molecule has 4 nitrogen and oxygen atoms in total. The number of furan rings is 1. The van der Waals surface area contributed by atoms with Gasteiger partial charge in [-0.05, 0) is 25.1 Å². The van der Waals surface area contributed by atoms with Crippen molar-refractivity contribution in [1.29, 1.82) is 0 Å². The zero-order chi connectivity index (χ0) is 13.7. The van der Waals surface area contributed by atoms with Gasteiger partial charge in [0.2, 0.25) is 0 Å². The van der Waals surface area contributed by atoms with E-state index in [9.17, 15) is 5.11 Å². The van der Waals surface area contributed by atoms with Crippen molar-refractivity contribution in [2.24, 2.45) is 0 Å². The van der Waals surface area contributed by atoms with Crippen molar-refractivity contribution in [3.63, 3.8) is 0 Å². The van der Waals surface area contributed by atoms with E-state index in [0.29, 0.717) is 30.3 Å². The number of ether oxygens (including phenoxy) is 2. The minimum absolute atomic E-state index is 0.442. The molecule has 4 heteroatoms. The molecule has 0 amide bonds. The lowest BCUT2D eigenvalue weighted by atomic mass is 10.1. The Kier molecular flexibility index (Phi) is 4.60. The van der Waals surface area contributed by atoms with Gasteiger partial charge in [0.25, 0.3) is 0 Å². The quantitative estimate of drug-likeness (QED) is 0.813. The average Bonchev–Trinajstić information content (AvgIpc) is 2.85. The lowest BCUT2D eigenvalue weighted by Crippen LogP contribution is -2.08. The van der Waals surface area contributed by atoms with Gasteiger partial charge in [0, 0.05) is 12.7 Å². The van der Waals surface area contributed by atoms with Crippen molar-refractivity contribution >= 4 is 0 Å². The summed E-state index contributed by atoms with van der Waals surface area (Å²) in [6.07, 6.45) is -0.826. The van der Waals surface area contributed by atoms with Crippen LogP contribution in [0.1, 0.15) is 23.2 Å². The molecule has 0 spiro atoms. The van der Waals surface area contributed by atoms with Gasteiger partial charge in [-0.1, -0.05) is 18.2 Å². The summed E-state index contributed by atoms with van der Waals surface area (Å²) in [5, 5.41) is 10.3. The second-order valence-electron chi connectivity index (χ2n) is 4.23. The number of aliphatic hydroxyl groups is 1. The molecule has 0 radical (unpaired) electrons. The molecule has 0 fully saturated rings.